The Morgan fingerprint density at radius 1 is 1.53 bits per heavy atom. The van der Waals surface area contributed by atoms with Gasteiger partial charge in [-0.25, -0.2) is 4.39 Å². The number of piperidine rings is 1. The van der Waals surface area contributed by atoms with Gasteiger partial charge in [0.25, 0.3) is 0 Å². The summed E-state index contributed by atoms with van der Waals surface area (Å²) in [5, 5.41) is 0. The Kier molecular flexibility index (Phi) is 4.98. The van der Waals surface area contributed by atoms with Crippen LogP contribution in [-0.2, 0) is 0 Å². The van der Waals surface area contributed by atoms with Crippen LogP contribution < -0.4 is 5.73 Å². The van der Waals surface area contributed by atoms with Crippen LogP contribution in [0.25, 0.3) is 0 Å². The first-order valence-corrected chi connectivity index (χ1v) is 7.74. The van der Waals surface area contributed by atoms with Gasteiger partial charge in [0.05, 0.1) is 0 Å². The highest BCUT2D eigenvalue weighted by atomic mass is 79.9. The minimum absolute atomic E-state index is 0.204. The second-order valence-electron chi connectivity index (χ2n) is 5.50. The summed E-state index contributed by atoms with van der Waals surface area (Å²) in [6, 6.07) is 5.61. The summed E-state index contributed by atoms with van der Waals surface area (Å²) < 4.78 is 14.0. The van der Waals surface area contributed by atoms with Crippen LogP contribution in [0.3, 0.4) is 0 Å². The normalized spacial score (nSPS) is 26.4. The molecule has 1 aliphatic rings. The highest BCUT2D eigenvalue weighted by Crippen LogP contribution is 2.34. The van der Waals surface area contributed by atoms with E-state index in [2.05, 4.69) is 34.7 Å². The van der Waals surface area contributed by atoms with E-state index in [9.17, 15) is 4.39 Å². The molecule has 1 aliphatic heterocycles. The maximum absolute atomic E-state index is 13.2. The minimum atomic E-state index is -0.204. The fourth-order valence-electron chi connectivity index (χ4n) is 3.15. The molecule has 19 heavy (non-hydrogen) atoms. The fraction of sp³-hybridized carbons (Fsp3) is 0.600. The van der Waals surface area contributed by atoms with Gasteiger partial charge < -0.3 is 5.73 Å². The third kappa shape index (κ3) is 3.18. The lowest BCUT2D eigenvalue weighted by molar-refractivity contribution is 0.0687. The Hall–Kier alpha value is -0.450. The molecule has 3 unspecified atom stereocenters. The first-order chi connectivity index (χ1) is 9.04. The highest BCUT2D eigenvalue weighted by Gasteiger charge is 2.31. The maximum Gasteiger partial charge on any atom is 0.124 e. The van der Waals surface area contributed by atoms with Crippen LogP contribution in [0.5, 0.6) is 0 Å². The van der Waals surface area contributed by atoms with Crippen LogP contribution in [0.15, 0.2) is 22.7 Å². The van der Waals surface area contributed by atoms with Crippen LogP contribution in [-0.4, -0.2) is 24.0 Å². The number of rotatable bonds is 3. The Balaban J connectivity index is 2.24. The van der Waals surface area contributed by atoms with Crippen LogP contribution >= 0.6 is 15.9 Å². The smallest absolute Gasteiger partial charge is 0.124 e. The molecule has 0 aliphatic carbocycles. The molecule has 1 fully saturated rings. The summed E-state index contributed by atoms with van der Waals surface area (Å²) in [6.45, 7) is 6.20. The molecule has 4 heteroatoms. The largest absolute Gasteiger partial charge is 0.329 e. The zero-order valence-corrected chi connectivity index (χ0v) is 13.2. The van der Waals surface area contributed by atoms with Gasteiger partial charge in [0.1, 0.15) is 5.82 Å². The molecule has 3 atom stereocenters. The van der Waals surface area contributed by atoms with Crippen molar-refractivity contribution >= 4 is 15.9 Å². The second kappa shape index (κ2) is 6.33. The van der Waals surface area contributed by atoms with Gasteiger partial charge >= 0.3 is 0 Å². The molecule has 106 valence electrons. The summed E-state index contributed by atoms with van der Waals surface area (Å²) in [4.78, 5) is 2.46. The highest BCUT2D eigenvalue weighted by molar-refractivity contribution is 9.10. The van der Waals surface area contributed by atoms with E-state index in [0.29, 0.717) is 18.5 Å². The maximum atomic E-state index is 13.2. The van der Waals surface area contributed by atoms with E-state index in [1.165, 1.54) is 25.0 Å². The molecule has 1 saturated heterocycles. The van der Waals surface area contributed by atoms with Crippen molar-refractivity contribution in [3.05, 3.63) is 34.1 Å². The average molecular weight is 329 g/mol. The zero-order valence-electron chi connectivity index (χ0n) is 11.6. The van der Waals surface area contributed by atoms with Gasteiger partial charge in [-0.05, 0) is 49.9 Å². The van der Waals surface area contributed by atoms with Gasteiger partial charge in [-0.15, -0.1) is 0 Å². The molecule has 1 aromatic carbocycles. The van der Waals surface area contributed by atoms with E-state index < -0.39 is 0 Å². The van der Waals surface area contributed by atoms with E-state index in [0.717, 1.165) is 16.6 Å². The molecule has 0 spiro atoms. The Bertz CT molecular complexity index is 438. The van der Waals surface area contributed by atoms with Crippen molar-refractivity contribution in [3.63, 3.8) is 0 Å². The lowest BCUT2D eigenvalue weighted by atomic mass is 9.88. The van der Waals surface area contributed by atoms with E-state index in [4.69, 9.17) is 5.73 Å². The molecule has 0 bridgehead atoms. The van der Waals surface area contributed by atoms with Gasteiger partial charge in [0.2, 0.25) is 0 Å². The number of halogens is 2. The van der Waals surface area contributed by atoms with Crippen LogP contribution in [0.4, 0.5) is 4.39 Å². The topological polar surface area (TPSA) is 29.3 Å². The van der Waals surface area contributed by atoms with Gasteiger partial charge in [-0.3, -0.25) is 4.90 Å². The van der Waals surface area contributed by atoms with E-state index in [1.807, 2.05) is 6.07 Å². The van der Waals surface area contributed by atoms with Crippen LogP contribution in [0, 0.1) is 11.7 Å². The summed E-state index contributed by atoms with van der Waals surface area (Å²) >= 11 is 3.47. The molecule has 0 saturated carbocycles. The number of hydrogen-bond donors (Lipinski definition) is 1. The van der Waals surface area contributed by atoms with Crippen molar-refractivity contribution in [3.8, 4) is 0 Å². The third-order valence-electron chi connectivity index (χ3n) is 4.31. The van der Waals surface area contributed by atoms with E-state index in [-0.39, 0.29) is 11.9 Å². The first-order valence-electron chi connectivity index (χ1n) is 6.95. The molecule has 0 radical (unpaired) electrons. The number of nitrogens with zero attached hydrogens (tertiary/aromatic N) is 1. The van der Waals surface area contributed by atoms with Crippen molar-refractivity contribution in [2.24, 2.45) is 11.7 Å². The van der Waals surface area contributed by atoms with Crippen molar-refractivity contribution in [1.82, 2.24) is 4.90 Å². The van der Waals surface area contributed by atoms with Crippen LogP contribution in [0.2, 0.25) is 0 Å². The van der Waals surface area contributed by atoms with Gasteiger partial charge in [0.15, 0.2) is 0 Å². The summed E-state index contributed by atoms with van der Waals surface area (Å²) in [5.74, 6) is 0.422. The Morgan fingerprint density at radius 3 is 2.89 bits per heavy atom. The quantitative estimate of drug-likeness (QED) is 0.916. The lowest BCUT2D eigenvalue weighted by Crippen LogP contribution is -2.49. The number of hydrogen-bond acceptors (Lipinski definition) is 2. The molecule has 2 N–H and O–H groups in total. The molecule has 0 amide bonds. The standard InChI is InChI=1S/C15H22BrFN2/c1-10-4-3-7-19(15(10)9-18)11(2)13-6-5-12(17)8-14(13)16/h5-6,8,10-11,15H,3-4,7,9,18H2,1-2H3. The van der Waals surface area contributed by atoms with Crippen molar-refractivity contribution < 1.29 is 4.39 Å². The first kappa shape index (κ1) is 14.9. The fourth-order valence-corrected chi connectivity index (χ4v) is 3.83. The van der Waals surface area contributed by atoms with Crippen molar-refractivity contribution in [2.75, 3.05) is 13.1 Å². The van der Waals surface area contributed by atoms with Crippen molar-refractivity contribution in [1.29, 1.82) is 0 Å². The molecular weight excluding hydrogens is 307 g/mol. The summed E-state index contributed by atoms with van der Waals surface area (Å²) in [7, 11) is 0. The molecule has 2 rings (SSSR count). The van der Waals surface area contributed by atoms with E-state index >= 15 is 0 Å². The predicted molar refractivity (Wildman–Crippen MR) is 80.5 cm³/mol. The SMILES string of the molecule is CC1CCCN(C(C)c2ccc(F)cc2Br)C1CN. The molecule has 0 aromatic heterocycles. The van der Waals surface area contributed by atoms with E-state index in [1.54, 1.807) is 0 Å². The number of benzene rings is 1. The second-order valence-corrected chi connectivity index (χ2v) is 6.36. The Labute approximate surface area is 123 Å². The molecule has 2 nitrogen and oxygen atoms in total. The van der Waals surface area contributed by atoms with Gasteiger partial charge in [-0.2, -0.15) is 0 Å². The number of nitrogens with two attached hydrogens (primary N) is 1. The Morgan fingerprint density at radius 2 is 2.26 bits per heavy atom. The van der Waals surface area contributed by atoms with Crippen LogP contribution in [0.1, 0.15) is 38.3 Å². The predicted octanol–water partition coefficient (Wildman–Crippen LogP) is 3.71. The monoisotopic (exact) mass is 328 g/mol. The van der Waals surface area contributed by atoms with Gasteiger partial charge in [-0.1, -0.05) is 28.9 Å². The number of likely N-dealkylation sites (tertiary alicyclic amines) is 1. The molecule has 1 aromatic rings. The average Bonchev–Trinajstić information content (AvgIpc) is 2.37. The minimum Gasteiger partial charge on any atom is -0.329 e. The summed E-state index contributed by atoms with van der Waals surface area (Å²) in [6.07, 6.45) is 2.45. The zero-order chi connectivity index (χ0) is 14.0. The molecule has 1 heterocycles. The van der Waals surface area contributed by atoms with Gasteiger partial charge in [0, 0.05) is 23.1 Å². The molecular formula is C15H22BrFN2. The lowest BCUT2D eigenvalue weighted by Gasteiger charge is -2.43. The summed E-state index contributed by atoms with van der Waals surface area (Å²) in [5.41, 5.74) is 7.08. The van der Waals surface area contributed by atoms with Crippen molar-refractivity contribution in [2.45, 2.75) is 38.8 Å². The third-order valence-corrected chi connectivity index (χ3v) is 5.00.